The molecular formula is C13H19N3O. The van der Waals surface area contributed by atoms with Gasteiger partial charge in [-0.3, -0.25) is 9.88 Å². The van der Waals surface area contributed by atoms with Crippen molar-refractivity contribution in [3.8, 4) is 6.07 Å². The van der Waals surface area contributed by atoms with E-state index >= 15 is 0 Å². The number of rotatable bonds is 7. The normalized spacial score (nSPS) is 12.4. The summed E-state index contributed by atoms with van der Waals surface area (Å²) in [6, 6.07) is 7.91. The van der Waals surface area contributed by atoms with E-state index in [9.17, 15) is 5.11 Å². The number of nitrogens with zero attached hydrogens (tertiary/aromatic N) is 3. The van der Waals surface area contributed by atoms with Crippen LogP contribution in [0.4, 0.5) is 0 Å². The average molecular weight is 233 g/mol. The lowest BCUT2D eigenvalue weighted by molar-refractivity contribution is 0.106. The Bertz CT molecular complexity index is 347. The molecule has 1 atom stereocenters. The largest absolute Gasteiger partial charge is 0.392 e. The van der Waals surface area contributed by atoms with E-state index in [2.05, 4.69) is 16.0 Å². The zero-order valence-corrected chi connectivity index (χ0v) is 10.2. The number of aliphatic hydroxyl groups is 1. The summed E-state index contributed by atoms with van der Waals surface area (Å²) in [6.07, 6.45) is 2.63. The third-order valence-electron chi connectivity index (χ3n) is 2.59. The van der Waals surface area contributed by atoms with Crippen LogP contribution >= 0.6 is 0 Å². The number of nitriles is 1. The van der Waals surface area contributed by atoms with Crippen LogP contribution in [-0.4, -0.2) is 34.2 Å². The van der Waals surface area contributed by atoms with Gasteiger partial charge in [-0.1, -0.05) is 13.0 Å². The molecule has 0 aromatic carbocycles. The summed E-state index contributed by atoms with van der Waals surface area (Å²) in [6.45, 7) is 3.90. The van der Waals surface area contributed by atoms with Gasteiger partial charge in [0.1, 0.15) is 0 Å². The maximum absolute atomic E-state index is 9.66. The van der Waals surface area contributed by atoms with Gasteiger partial charge in [-0.25, -0.2) is 0 Å². The molecule has 0 radical (unpaired) electrons. The van der Waals surface area contributed by atoms with Gasteiger partial charge in [-0.15, -0.1) is 0 Å². The highest BCUT2D eigenvalue weighted by Crippen LogP contribution is 2.04. The van der Waals surface area contributed by atoms with Crippen molar-refractivity contribution < 1.29 is 5.11 Å². The molecular weight excluding hydrogens is 214 g/mol. The third-order valence-corrected chi connectivity index (χ3v) is 2.59. The van der Waals surface area contributed by atoms with Crippen LogP contribution in [0.5, 0.6) is 0 Å². The Hall–Kier alpha value is -1.44. The Morgan fingerprint density at radius 1 is 1.53 bits per heavy atom. The minimum atomic E-state index is -0.336. The van der Waals surface area contributed by atoms with E-state index < -0.39 is 0 Å². The number of hydrogen-bond acceptors (Lipinski definition) is 4. The number of pyridine rings is 1. The summed E-state index contributed by atoms with van der Waals surface area (Å²) in [5, 5.41) is 18.3. The van der Waals surface area contributed by atoms with Crippen molar-refractivity contribution in [1.82, 2.24) is 9.88 Å². The summed E-state index contributed by atoms with van der Waals surface area (Å²) in [4.78, 5) is 6.32. The third kappa shape index (κ3) is 5.43. The van der Waals surface area contributed by atoms with Crippen molar-refractivity contribution in [2.24, 2.45) is 0 Å². The molecule has 0 aliphatic heterocycles. The first-order valence-electron chi connectivity index (χ1n) is 5.93. The van der Waals surface area contributed by atoms with Crippen LogP contribution in [0, 0.1) is 11.3 Å². The molecule has 0 saturated carbocycles. The number of aromatic nitrogens is 1. The van der Waals surface area contributed by atoms with Crippen molar-refractivity contribution in [3.63, 3.8) is 0 Å². The summed E-state index contributed by atoms with van der Waals surface area (Å²) in [5.74, 6) is 0. The highest BCUT2D eigenvalue weighted by Gasteiger charge is 2.11. The van der Waals surface area contributed by atoms with Gasteiger partial charge in [0.05, 0.1) is 17.9 Å². The molecule has 0 saturated heterocycles. The fraction of sp³-hybridized carbons (Fsp3) is 0.538. The van der Waals surface area contributed by atoms with Crippen LogP contribution in [0.3, 0.4) is 0 Å². The SMILES string of the molecule is CC[C@@H](O)CN(CCC#N)Cc1ccccn1. The zero-order valence-electron chi connectivity index (χ0n) is 10.2. The Morgan fingerprint density at radius 2 is 2.35 bits per heavy atom. The van der Waals surface area contributed by atoms with Gasteiger partial charge >= 0.3 is 0 Å². The molecule has 0 amide bonds. The Labute approximate surface area is 103 Å². The molecule has 0 fully saturated rings. The van der Waals surface area contributed by atoms with Crippen molar-refractivity contribution >= 4 is 0 Å². The predicted molar refractivity (Wildman–Crippen MR) is 66.0 cm³/mol. The number of aliphatic hydroxyl groups excluding tert-OH is 1. The van der Waals surface area contributed by atoms with Crippen molar-refractivity contribution in [1.29, 1.82) is 5.26 Å². The summed E-state index contributed by atoms with van der Waals surface area (Å²) >= 11 is 0. The molecule has 1 N–H and O–H groups in total. The Balaban J connectivity index is 2.54. The van der Waals surface area contributed by atoms with E-state index in [0.29, 0.717) is 26.1 Å². The van der Waals surface area contributed by atoms with Crippen LogP contribution in [0.1, 0.15) is 25.5 Å². The average Bonchev–Trinajstić information content (AvgIpc) is 2.37. The molecule has 0 spiro atoms. The molecule has 17 heavy (non-hydrogen) atoms. The van der Waals surface area contributed by atoms with Gasteiger partial charge in [0.15, 0.2) is 0 Å². The van der Waals surface area contributed by atoms with Crippen LogP contribution in [0.25, 0.3) is 0 Å². The van der Waals surface area contributed by atoms with Crippen LogP contribution < -0.4 is 0 Å². The van der Waals surface area contributed by atoms with E-state index in [1.165, 1.54) is 0 Å². The van der Waals surface area contributed by atoms with E-state index in [0.717, 1.165) is 12.1 Å². The fourth-order valence-electron chi connectivity index (χ4n) is 1.59. The first kappa shape index (κ1) is 13.6. The summed E-state index contributed by atoms with van der Waals surface area (Å²) in [7, 11) is 0. The van der Waals surface area contributed by atoms with Crippen molar-refractivity contribution in [2.45, 2.75) is 32.4 Å². The van der Waals surface area contributed by atoms with E-state index in [1.807, 2.05) is 25.1 Å². The summed E-state index contributed by atoms with van der Waals surface area (Å²) in [5.41, 5.74) is 0.966. The van der Waals surface area contributed by atoms with Gasteiger partial charge in [0, 0.05) is 32.3 Å². The van der Waals surface area contributed by atoms with E-state index in [4.69, 9.17) is 5.26 Å². The molecule has 4 nitrogen and oxygen atoms in total. The molecule has 1 rings (SSSR count). The number of hydrogen-bond donors (Lipinski definition) is 1. The lowest BCUT2D eigenvalue weighted by Gasteiger charge is -2.23. The molecule has 4 heteroatoms. The second kappa shape index (κ2) is 7.77. The minimum Gasteiger partial charge on any atom is -0.392 e. The quantitative estimate of drug-likeness (QED) is 0.776. The topological polar surface area (TPSA) is 60.1 Å². The fourth-order valence-corrected chi connectivity index (χ4v) is 1.59. The molecule has 92 valence electrons. The Kier molecular flexibility index (Phi) is 6.23. The van der Waals surface area contributed by atoms with Crippen LogP contribution in [0.2, 0.25) is 0 Å². The van der Waals surface area contributed by atoms with Gasteiger partial charge in [-0.2, -0.15) is 5.26 Å². The molecule has 0 aliphatic rings. The zero-order chi connectivity index (χ0) is 12.5. The lowest BCUT2D eigenvalue weighted by Crippen LogP contribution is -2.32. The molecule has 1 aromatic heterocycles. The van der Waals surface area contributed by atoms with Crippen LogP contribution in [-0.2, 0) is 6.54 Å². The molecule has 0 unspecified atom stereocenters. The monoisotopic (exact) mass is 233 g/mol. The van der Waals surface area contributed by atoms with Gasteiger partial charge in [0.25, 0.3) is 0 Å². The second-order valence-corrected chi connectivity index (χ2v) is 4.03. The van der Waals surface area contributed by atoms with Gasteiger partial charge in [0.2, 0.25) is 0 Å². The maximum atomic E-state index is 9.66. The first-order chi connectivity index (χ1) is 8.26. The molecule has 1 heterocycles. The lowest BCUT2D eigenvalue weighted by atomic mass is 10.2. The van der Waals surface area contributed by atoms with E-state index in [-0.39, 0.29) is 6.10 Å². The molecule has 0 bridgehead atoms. The van der Waals surface area contributed by atoms with Crippen LogP contribution in [0.15, 0.2) is 24.4 Å². The van der Waals surface area contributed by atoms with E-state index in [1.54, 1.807) is 6.20 Å². The first-order valence-corrected chi connectivity index (χ1v) is 5.93. The highest BCUT2D eigenvalue weighted by atomic mass is 16.3. The van der Waals surface area contributed by atoms with Crippen molar-refractivity contribution in [2.75, 3.05) is 13.1 Å². The molecule has 1 aromatic rings. The van der Waals surface area contributed by atoms with Crippen molar-refractivity contribution in [3.05, 3.63) is 30.1 Å². The smallest absolute Gasteiger partial charge is 0.0664 e. The Morgan fingerprint density at radius 3 is 2.94 bits per heavy atom. The molecule has 0 aliphatic carbocycles. The predicted octanol–water partition coefficient (Wildman–Crippen LogP) is 1.57. The highest BCUT2D eigenvalue weighted by molar-refractivity contribution is 5.03. The standard InChI is InChI=1S/C13H19N3O/c1-2-13(17)11-16(9-5-7-14)10-12-6-3-4-8-15-12/h3-4,6,8,13,17H,2,5,9-11H2,1H3/t13-/m1/s1. The maximum Gasteiger partial charge on any atom is 0.0664 e. The van der Waals surface area contributed by atoms with Gasteiger partial charge in [-0.05, 0) is 18.6 Å². The summed E-state index contributed by atoms with van der Waals surface area (Å²) < 4.78 is 0. The minimum absolute atomic E-state index is 0.336. The van der Waals surface area contributed by atoms with Gasteiger partial charge < -0.3 is 5.11 Å². The second-order valence-electron chi connectivity index (χ2n) is 4.03.